The van der Waals surface area contributed by atoms with Crippen LogP contribution >= 0.6 is 0 Å². The van der Waals surface area contributed by atoms with E-state index >= 15 is 0 Å². The largest absolute Gasteiger partial charge is 0.506 e. The Morgan fingerprint density at radius 3 is 2.62 bits per heavy atom. The molecule has 6 nitrogen and oxygen atoms in total. The molecule has 1 heterocycles. The van der Waals surface area contributed by atoms with E-state index in [1.165, 1.54) is 20.3 Å². The van der Waals surface area contributed by atoms with Crippen molar-refractivity contribution in [3.05, 3.63) is 54.2 Å². The normalized spacial score (nSPS) is 10.4. The Bertz CT molecular complexity index is 909. The molecule has 0 bridgehead atoms. The topological polar surface area (TPSA) is 80.7 Å². The van der Waals surface area contributed by atoms with Gasteiger partial charge in [0.05, 0.1) is 19.9 Å². The number of rotatable bonds is 4. The lowest BCUT2D eigenvalue weighted by Crippen LogP contribution is -2.12. The van der Waals surface area contributed by atoms with E-state index in [-0.39, 0.29) is 11.7 Å². The van der Waals surface area contributed by atoms with E-state index in [9.17, 15) is 9.90 Å². The number of fused-ring (bicyclic) bond motifs is 1. The minimum absolute atomic E-state index is 0.0646. The van der Waals surface area contributed by atoms with Gasteiger partial charge in [0.25, 0.3) is 5.91 Å². The maximum absolute atomic E-state index is 12.5. The van der Waals surface area contributed by atoms with Crippen molar-refractivity contribution >= 4 is 22.5 Å². The number of aromatic hydroxyl groups is 1. The molecule has 122 valence electrons. The van der Waals surface area contributed by atoms with Crippen molar-refractivity contribution in [2.75, 3.05) is 19.5 Å². The average molecular weight is 324 g/mol. The Morgan fingerprint density at radius 1 is 1.08 bits per heavy atom. The number of hydrogen-bond donors (Lipinski definition) is 2. The summed E-state index contributed by atoms with van der Waals surface area (Å²) in [7, 11) is 3.05. The first-order chi connectivity index (χ1) is 11.6. The van der Waals surface area contributed by atoms with Crippen LogP contribution in [0.2, 0.25) is 0 Å². The lowest BCUT2D eigenvalue weighted by molar-refractivity contribution is 0.102. The third kappa shape index (κ3) is 2.81. The third-order valence-corrected chi connectivity index (χ3v) is 3.64. The molecule has 6 heteroatoms. The highest BCUT2D eigenvalue weighted by atomic mass is 16.5. The second-order valence-corrected chi connectivity index (χ2v) is 5.06. The number of ether oxygens (including phenoxy) is 2. The Hall–Kier alpha value is -3.28. The fraction of sp³-hybridized carbons (Fsp3) is 0.111. The van der Waals surface area contributed by atoms with Crippen LogP contribution in [0, 0.1) is 0 Å². The molecule has 3 rings (SSSR count). The zero-order valence-corrected chi connectivity index (χ0v) is 13.2. The summed E-state index contributed by atoms with van der Waals surface area (Å²) in [5.74, 6) is 0.789. The Balaban J connectivity index is 1.95. The van der Waals surface area contributed by atoms with Crippen LogP contribution in [0.5, 0.6) is 17.2 Å². The summed E-state index contributed by atoms with van der Waals surface area (Å²) in [5.41, 5.74) is 1.43. The molecule has 24 heavy (non-hydrogen) atoms. The number of carbonyl (C=O) groups excluding carboxylic acids is 1. The standard InChI is InChI=1S/C18H16N2O4/c1-23-15-8-5-11(10-16(15)24-2)18(22)20-13-6-7-14(21)17-12(13)4-3-9-19-17/h3-10,21H,1-2H3,(H,20,22). The number of aromatic nitrogens is 1. The molecule has 1 aromatic heterocycles. The number of phenols is 1. The number of nitrogens with one attached hydrogen (secondary N) is 1. The van der Waals surface area contributed by atoms with Gasteiger partial charge in [0, 0.05) is 17.1 Å². The van der Waals surface area contributed by atoms with Gasteiger partial charge in [0.2, 0.25) is 0 Å². The molecule has 0 saturated heterocycles. The first-order valence-corrected chi connectivity index (χ1v) is 7.24. The SMILES string of the molecule is COc1ccc(C(=O)Nc2ccc(O)c3ncccc23)cc1OC. The van der Waals surface area contributed by atoms with Crippen LogP contribution in [0.1, 0.15) is 10.4 Å². The Kier molecular flexibility index (Phi) is 4.20. The molecule has 0 saturated carbocycles. The molecule has 0 unspecified atom stereocenters. The quantitative estimate of drug-likeness (QED) is 0.720. The van der Waals surface area contributed by atoms with Gasteiger partial charge in [-0.15, -0.1) is 0 Å². The van der Waals surface area contributed by atoms with Crippen molar-refractivity contribution in [1.82, 2.24) is 4.98 Å². The molecule has 2 N–H and O–H groups in total. The second kappa shape index (κ2) is 6.45. The van der Waals surface area contributed by atoms with Crippen molar-refractivity contribution in [1.29, 1.82) is 0 Å². The molecule has 0 atom stereocenters. The van der Waals surface area contributed by atoms with Crippen molar-refractivity contribution in [2.45, 2.75) is 0 Å². The fourth-order valence-corrected chi connectivity index (χ4v) is 2.44. The Labute approximate surface area is 138 Å². The summed E-state index contributed by atoms with van der Waals surface area (Å²) in [4.78, 5) is 16.7. The fourth-order valence-electron chi connectivity index (χ4n) is 2.44. The van der Waals surface area contributed by atoms with Gasteiger partial charge in [-0.2, -0.15) is 0 Å². The van der Waals surface area contributed by atoms with Crippen LogP contribution in [0.4, 0.5) is 5.69 Å². The summed E-state index contributed by atoms with van der Waals surface area (Å²) in [6.07, 6.45) is 1.59. The van der Waals surface area contributed by atoms with Crippen molar-refractivity contribution in [3.63, 3.8) is 0 Å². The molecule has 3 aromatic rings. The highest BCUT2D eigenvalue weighted by Crippen LogP contribution is 2.30. The van der Waals surface area contributed by atoms with E-state index in [2.05, 4.69) is 10.3 Å². The lowest BCUT2D eigenvalue weighted by Gasteiger charge is -2.11. The number of pyridine rings is 1. The van der Waals surface area contributed by atoms with Crippen LogP contribution < -0.4 is 14.8 Å². The molecular formula is C18H16N2O4. The number of benzene rings is 2. The number of phenolic OH excluding ortho intramolecular Hbond substituents is 1. The minimum atomic E-state index is -0.299. The maximum Gasteiger partial charge on any atom is 0.255 e. The van der Waals surface area contributed by atoms with Crippen LogP contribution in [0.15, 0.2) is 48.7 Å². The number of hydrogen-bond acceptors (Lipinski definition) is 5. The van der Waals surface area contributed by atoms with E-state index in [1.54, 1.807) is 42.6 Å². The van der Waals surface area contributed by atoms with Crippen molar-refractivity contribution in [2.24, 2.45) is 0 Å². The Morgan fingerprint density at radius 2 is 1.88 bits per heavy atom. The maximum atomic E-state index is 12.5. The summed E-state index contributed by atoms with van der Waals surface area (Å²) in [6.45, 7) is 0. The van der Waals surface area contributed by atoms with Crippen LogP contribution in [0.3, 0.4) is 0 Å². The molecule has 0 aliphatic rings. The molecule has 1 amide bonds. The number of amides is 1. The zero-order chi connectivity index (χ0) is 17.1. The molecule has 0 aliphatic heterocycles. The summed E-state index contributed by atoms with van der Waals surface area (Å²) >= 11 is 0. The lowest BCUT2D eigenvalue weighted by atomic mass is 10.1. The molecular weight excluding hydrogens is 308 g/mol. The van der Waals surface area contributed by atoms with E-state index in [0.29, 0.717) is 33.7 Å². The van der Waals surface area contributed by atoms with Crippen LogP contribution in [-0.2, 0) is 0 Å². The highest BCUT2D eigenvalue weighted by Gasteiger charge is 2.13. The number of carbonyl (C=O) groups is 1. The predicted octanol–water partition coefficient (Wildman–Crippen LogP) is 3.21. The van der Waals surface area contributed by atoms with Gasteiger partial charge >= 0.3 is 0 Å². The van der Waals surface area contributed by atoms with Crippen LogP contribution in [-0.4, -0.2) is 30.2 Å². The molecule has 0 radical (unpaired) electrons. The first kappa shape index (κ1) is 15.6. The highest BCUT2D eigenvalue weighted by molar-refractivity contribution is 6.09. The van der Waals surface area contributed by atoms with Gasteiger partial charge < -0.3 is 19.9 Å². The summed E-state index contributed by atoms with van der Waals surface area (Å²) in [5, 5.41) is 13.4. The number of anilines is 1. The second-order valence-electron chi connectivity index (χ2n) is 5.06. The van der Waals surface area contributed by atoms with Gasteiger partial charge in [0.15, 0.2) is 11.5 Å². The third-order valence-electron chi connectivity index (χ3n) is 3.64. The predicted molar refractivity (Wildman–Crippen MR) is 90.9 cm³/mol. The molecule has 0 spiro atoms. The number of nitrogens with zero attached hydrogens (tertiary/aromatic N) is 1. The monoisotopic (exact) mass is 324 g/mol. The molecule has 0 fully saturated rings. The average Bonchev–Trinajstić information content (AvgIpc) is 2.63. The van der Waals surface area contributed by atoms with Crippen molar-refractivity contribution in [3.8, 4) is 17.2 Å². The van der Waals surface area contributed by atoms with Gasteiger partial charge in [-0.25, -0.2) is 0 Å². The number of methoxy groups -OCH3 is 2. The van der Waals surface area contributed by atoms with Gasteiger partial charge in [-0.1, -0.05) is 0 Å². The molecule has 2 aromatic carbocycles. The van der Waals surface area contributed by atoms with E-state index in [1.807, 2.05) is 0 Å². The first-order valence-electron chi connectivity index (χ1n) is 7.24. The van der Waals surface area contributed by atoms with Gasteiger partial charge in [-0.3, -0.25) is 9.78 Å². The van der Waals surface area contributed by atoms with E-state index < -0.39 is 0 Å². The van der Waals surface area contributed by atoms with Gasteiger partial charge in [0.1, 0.15) is 11.3 Å². The van der Waals surface area contributed by atoms with Gasteiger partial charge in [-0.05, 0) is 42.5 Å². The molecule has 0 aliphatic carbocycles. The van der Waals surface area contributed by atoms with Crippen molar-refractivity contribution < 1.29 is 19.4 Å². The van der Waals surface area contributed by atoms with E-state index in [4.69, 9.17) is 9.47 Å². The summed E-state index contributed by atoms with van der Waals surface area (Å²) in [6, 6.07) is 11.6. The minimum Gasteiger partial charge on any atom is -0.506 e. The summed E-state index contributed by atoms with van der Waals surface area (Å²) < 4.78 is 10.4. The van der Waals surface area contributed by atoms with E-state index in [0.717, 1.165) is 0 Å². The smallest absolute Gasteiger partial charge is 0.255 e. The zero-order valence-electron chi connectivity index (χ0n) is 13.2. The van der Waals surface area contributed by atoms with Crippen LogP contribution in [0.25, 0.3) is 10.9 Å².